The second kappa shape index (κ2) is 8.49. The number of carbonyl (C=O) groups excluding carboxylic acids is 2. The van der Waals surface area contributed by atoms with Crippen LogP contribution >= 0.6 is 0 Å². The highest BCUT2D eigenvalue weighted by Gasteiger charge is 2.38. The summed E-state index contributed by atoms with van der Waals surface area (Å²) in [7, 11) is 0. The molecule has 2 aromatic carbocycles. The van der Waals surface area contributed by atoms with E-state index in [1.807, 2.05) is 4.90 Å². The summed E-state index contributed by atoms with van der Waals surface area (Å²) in [4.78, 5) is 25.5. The molecule has 5 rings (SSSR count). The number of halogens is 2. The molecule has 2 bridgehead atoms. The molecule has 0 radical (unpaired) electrons. The molecule has 0 spiro atoms. The Labute approximate surface area is 180 Å². The number of fused-ring (bicyclic) bond motifs is 3. The first-order chi connectivity index (χ1) is 14.9. The maximum absolute atomic E-state index is 13.4. The molecule has 0 aromatic heterocycles. The number of urea groups is 1. The van der Waals surface area contributed by atoms with Crippen LogP contribution in [0.1, 0.15) is 30.0 Å². The van der Waals surface area contributed by atoms with Gasteiger partial charge in [-0.25, -0.2) is 13.6 Å². The molecule has 1 N–H and O–H groups in total. The smallest absolute Gasteiger partial charge is 0.322 e. The fraction of sp³-hybridized carbons (Fsp3) is 0.333. The van der Waals surface area contributed by atoms with Crippen LogP contribution in [0, 0.1) is 24.5 Å². The minimum Gasteiger partial charge on any atom is -0.338 e. The van der Waals surface area contributed by atoms with E-state index in [1.54, 1.807) is 6.92 Å². The zero-order valence-corrected chi connectivity index (χ0v) is 17.6. The van der Waals surface area contributed by atoms with Crippen molar-refractivity contribution in [1.29, 1.82) is 0 Å². The van der Waals surface area contributed by atoms with Crippen LogP contribution in [0.5, 0.6) is 0 Å². The Balaban J connectivity index is 0.000000150. The monoisotopic (exact) mass is 425 g/mol. The molecule has 31 heavy (non-hydrogen) atoms. The van der Waals surface area contributed by atoms with Crippen LogP contribution in [-0.2, 0) is 11.3 Å². The molecule has 162 valence electrons. The SMILES string of the molecule is CCN1Cc2c(ccc(F)c2F)NC1=O.Cc1cccc(C2=CC3CC2CN3C=O)c1. The van der Waals surface area contributed by atoms with Crippen LogP contribution in [-0.4, -0.2) is 41.4 Å². The van der Waals surface area contributed by atoms with Gasteiger partial charge in [0, 0.05) is 24.6 Å². The zero-order chi connectivity index (χ0) is 22.1. The van der Waals surface area contributed by atoms with Crippen molar-refractivity contribution in [1.82, 2.24) is 9.80 Å². The number of likely N-dealkylation sites (tertiary alicyclic amines) is 1. The van der Waals surface area contributed by atoms with Crippen molar-refractivity contribution in [3.8, 4) is 0 Å². The van der Waals surface area contributed by atoms with Gasteiger partial charge in [-0.05, 0) is 43.5 Å². The number of nitrogens with zero attached hydrogens (tertiary/aromatic N) is 2. The van der Waals surface area contributed by atoms with Crippen LogP contribution in [0.3, 0.4) is 0 Å². The highest BCUT2D eigenvalue weighted by Crippen LogP contribution is 2.41. The molecule has 2 atom stereocenters. The molecule has 7 heteroatoms. The summed E-state index contributed by atoms with van der Waals surface area (Å²) in [6.45, 7) is 5.37. The van der Waals surface area contributed by atoms with Gasteiger partial charge in [-0.3, -0.25) is 4.79 Å². The van der Waals surface area contributed by atoms with Gasteiger partial charge in [-0.15, -0.1) is 0 Å². The highest BCUT2D eigenvalue weighted by molar-refractivity contribution is 5.92. The van der Waals surface area contributed by atoms with E-state index in [4.69, 9.17) is 0 Å². The molecule has 2 aliphatic heterocycles. The summed E-state index contributed by atoms with van der Waals surface area (Å²) >= 11 is 0. The van der Waals surface area contributed by atoms with Crippen molar-refractivity contribution >= 4 is 23.7 Å². The van der Waals surface area contributed by atoms with E-state index in [9.17, 15) is 18.4 Å². The van der Waals surface area contributed by atoms with Crippen LogP contribution in [0.25, 0.3) is 5.57 Å². The molecular weight excluding hydrogens is 400 g/mol. The van der Waals surface area contributed by atoms with Crippen molar-refractivity contribution in [2.45, 2.75) is 32.9 Å². The van der Waals surface area contributed by atoms with Crippen molar-refractivity contribution < 1.29 is 18.4 Å². The van der Waals surface area contributed by atoms with Gasteiger partial charge in [0.15, 0.2) is 11.6 Å². The van der Waals surface area contributed by atoms with E-state index >= 15 is 0 Å². The van der Waals surface area contributed by atoms with Crippen LogP contribution in [0.2, 0.25) is 0 Å². The Bertz CT molecular complexity index is 1050. The Morgan fingerprint density at radius 3 is 2.68 bits per heavy atom. The number of hydrogen-bond donors (Lipinski definition) is 1. The summed E-state index contributed by atoms with van der Waals surface area (Å²) in [6, 6.07) is 11.1. The van der Waals surface area contributed by atoms with Crippen molar-refractivity contribution in [2.24, 2.45) is 5.92 Å². The summed E-state index contributed by atoms with van der Waals surface area (Å²) in [5, 5.41) is 2.51. The lowest BCUT2D eigenvalue weighted by molar-refractivity contribution is -0.118. The van der Waals surface area contributed by atoms with Crippen molar-refractivity contribution in [3.05, 3.63) is 70.8 Å². The summed E-state index contributed by atoms with van der Waals surface area (Å²) < 4.78 is 26.3. The van der Waals surface area contributed by atoms with Gasteiger partial charge in [0.05, 0.1) is 18.3 Å². The molecule has 3 aliphatic rings. The van der Waals surface area contributed by atoms with Crippen molar-refractivity contribution in [3.63, 3.8) is 0 Å². The Kier molecular flexibility index (Phi) is 5.76. The topological polar surface area (TPSA) is 52.7 Å². The fourth-order valence-electron chi connectivity index (χ4n) is 4.48. The minimum atomic E-state index is -0.888. The van der Waals surface area contributed by atoms with E-state index in [0.717, 1.165) is 25.4 Å². The molecule has 0 saturated carbocycles. The van der Waals surface area contributed by atoms with E-state index in [-0.39, 0.29) is 18.1 Å². The van der Waals surface area contributed by atoms with Gasteiger partial charge in [-0.2, -0.15) is 0 Å². The van der Waals surface area contributed by atoms with E-state index < -0.39 is 11.6 Å². The molecule has 1 saturated heterocycles. The van der Waals surface area contributed by atoms with Crippen LogP contribution in [0.15, 0.2) is 42.5 Å². The second-order valence-corrected chi connectivity index (χ2v) is 8.13. The second-order valence-electron chi connectivity index (χ2n) is 8.13. The van der Waals surface area contributed by atoms with Crippen molar-refractivity contribution in [2.75, 3.05) is 18.4 Å². The molecule has 2 heterocycles. The number of carbonyl (C=O) groups is 2. The van der Waals surface area contributed by atoms with Gasteiger partial charge in [0.25, 0.3) is 0 Å². The predicted octanol–water partition coefficient (Wildman–Crippen LogP) is 4.57. The lowest BCUT2D eigenvalue weighted by Crippen LogP contribution is -2.38. The number of nitrogens with one attached hydrogen (secondary N) is 1. The van der Waals surface area contributed by atoms with Crippen LogP contribution in [0.4, 0.5) is 19.3 Å². The molecule has 1 aliphatic carbocycles. The Morgan fingerprint density at radius 2 is 2.03 bits per heavy atom. The van der Waals surface area contributed by atoms with E-state index in [1.165, 1.54) is 27.7 Å². The lowest BCUT2D eigenvalue weighted by atomic mass is 9.94. The third kappa shape index (κ3) is 4.04. The first-order valence-corrected chi connectivity index (χ1v) is 10.4. The quantitative estimate of drug-likeness (QED) is 0.733. The third-order valence-electron chi connectivity index (χ3n) is 6.14. The predicted molar refractivity (Wildman–Crippen MR) is 115 cm³/mol. The molecule has 2 aromatic rings. The average molecular weight is 425 g/mol. The minimum absolute atomic E-state index is 0.112. The largest absolute Gasteiger partial charge is 0.338 e. The average Bonchev–Trinajstić information content (AvgIpc) is 3.37. The molecule has 3 amide bonds. The van der Waals surface area contributed by atoms with Crippen LogP contribution < -0.4 is 5.32 Å². The Morgan fingerprint density at radius 1 is 1.23 bits per heavy atom. The van der Waals surface area contributed by atoms with Gasteiger partial charge in [0.2, 0.25) is 6.41 Å². The summed E-state index contributed by atoms with van der Waals surface area (Å²) in [5.74, 6) is -1.22. The number of anilines is 1. The van der Waals surface area contributed by atoms with E-state index in [2.05, 4.69) is 42.6 Å². The first-order valence-electron chi connectivity index (χ1n) is 10.4. The molecule has 5 nitrogen and oxygen atoms in total. The first kappa shape index (κ1) is 21.0. The number of amides is 3. The van der Waals surface area contributed by atoms with Gasteiger partial charge >= 0.3 is 6.03 Å². The number of benzene rings is 2. The fourth-order valence-corrected chi connectivity index (χ4v) is 4.48. The molecule has 2 unspecified atom stereocenters. The number of rotatable bonds is 3. The standard InChI is InChI=1S/C14H15NO.C10H10F2N2O/c1-10-3-2-4-11(5-10)14-7-13-6-12(14)8-15(13)9-16;1-2-14-5-6-8(13-10(14)15)4-3-7(11)9(6)12/h2-5,7,9,12-13H,6,8H2,1H3;3-4H,2,5H2,1H3,(H,13,15). The summed E-state index contributed by atoms with van der Waals surface area (Å²) in [6.07, 6.45) is 4.35. The van der Waals surface area contributed by atoms with Gasteiger partial charge < -0.3 is 15.1 Å². The number of aryl methyl sites for hydroxylation is 1. The molecular formula is C24H25F2N3O2. The summed E-state index contributed by atoms with van der Waals surface area (Å²) in [5.41, 5.74) is 4.62. The highest BCUT2D eigenvalue weighted by atomic mass is 19.2. The maximum Gasteiger partial charge on any atom is 0.322 e. The lowest BCUT2D eigenvalue weighted by Gasteiger charge is -2.28. The van der Waals surface area contributed by atoms with Gasteiger partial charge in [0.1, 0.15) is 0 Å². The number of hydrogen-bond acceptors (Lipinski definition) is 2. The van der Waals surface area contributed by atoms with E-state index in [0.29, 0.717) is 24.2 Å². The normalized spacial score (nSPS) is 21.2. The molecule has 1 fully saturated rings. The Hall–Kier alpha value is -3.22. The third-order valence-corrected chi connectivity index (χ3v) is 6.14. The van der Waals surface area contributed by atoms with Gasteiger partial charge in [-0.1, -0.05) is 35.9 Å². The zero-order valence-electron chi connectivity index (χ0n) is 17.6. The maximum atomic E-state index is 13.4.